The summed E-state index contributed by atoms with van der Waals surface area (Å²) in [5.74, 6) is 0.853. The van der Waals surface area contributed by atoms with Crippen LogP contribution in [0.2, 0.25) is 0 Å². The van der Waals surface area contributed by atoms with Crippen LogP contribution in [-0.2, 0) is 11.3 Å². The van der Waals surface area contributed by atoms with Crippen molar-refractivity contribution in [2.45, 2.75) is 19.9 Å². The molecule has 0 fully saturated rings. The molecule has 0 aliphatic heterocycles. The molecule has 0 amide bonds. The number of nitrogens with one attached hydrogen (secondary N) is 2. The average molecular weight is 299 g/mol. The van der Waals surface area contributed by atoms with Gasteiger partial charge in [0.15, 0.2) is 5.96 Å². The predicted molar refractivity (Wildman–Crippen MR) is 93.3 cm³/mol. The molecule has 0 aliphatic rings. The fourth-order valence-corrected chi connectivity index (χ4v) is 2.36. The van der Waals surface area contributed by atoms with Crippen LogP contribution < -0.4 is 10.6 Å². The lowest BCUT2D eigenvalue weighted by Crippen LogP contribution is -2.38. The Morgan fingerprint density at radius 1 is 1.09 bits per heavy atom. The zero-order valence-corrected chi connectivity index (χ0v) is 13.4. The summed E-state index contributed by atoms with van der Waals surface area (Å²) in [5.41, 5.74) is 1.24. The van der Waals surface area contributed by atoms with Gasteiger partial charge in [0, 0.05) is 26.8 Å². The summed E-state index contributed by atoms with van der Waals surface area (Å²) in [6.07, 6.45) is 0.967. The number of fused-ring (bicyclic) bond motifs is 1. The molecule has 0 aromatic heterocycles. The van der Waals surface area contributed by atoms with E-state index in [1.807, 2.05) is 0 Å². The van der Waals surface area contributed by atoms with E-state index in [9.17, 15) is 0 Å². The summed E-state index contributed by atoms with van der Waals surface area (Å²) < 4.78 is 5.06. The van der Waals surface area contributed by atoms with Gasteiger partial charge in [0.25, 0.3) is 0 Å². The van der Waals surface area contributed by atoms with Crippen LogP contribution in [0.4, 0.5) is 0 Å². The van der Waals surface area contributed by atoms with E-state index in [1.54, 1.807) is 7.11 Å². The first kappa shape index (κ1) is 16.3. The van der Waals surface area contributed by atoms with Gasteiger partial charge in [0.05, 0.1) is 6.54 Å². The molecule has 4 heteroatoms. The second kappa shape index (κ2) is 9.05. The van der Waals surface area contributed by atoms with E-state index in [-0.39, 0.29) is 0 Å². The predicted octanol–water partition coefficient (Wildman–Crippen LogP) is 2.93. The van der Waals surface area contributed by atoms with Gasteiger partial charge in [-0.25, -0.2) is 4.99 Å². The van der Waals surface area contributed by atoms with E-state index in [0.29, 0.717) is 6.54 Å². The van der Waals surface area contributed by atoms with E-state index in [1.165, 1.54) is 16.3 Å². The van der Waals surface area contributed by atoms with Crippen LogP contribution in [0.25, 0.3) is 10.8 Å². The maximum absolute atomic E-state index is 5.06. The van der Waals surface area contributed by atoms with Crippen molar-refractivity contribution < 1.29 is 4.74 Å². The zero-order chi connectivity index (χ0) is 15.6. The Bertz CT molecular complexity index is 605. The molecular formula is C18H25N3O. The van der Waals surface area contributed by atoms with Crippen molar-refractivity contribution in [3.05, 3.63) is 48.0 Å². The van der Waals surface area contributed by atoms with Crippen LogP contribution in [0.3, 0.4) is 0 Å². The van der Waals surface area contributed by atoms with Crippen molar-refractivity contribution in [2.75, 3.05) is 26.8 Å². The van der Waals surface area contributed by atoms with Gasteiger partial charge >= 0.3 is 0 Å². The topological polar surface area (TPSA) is 45.7 Å². The summed E-state index contributed by atoms with van der Waals surface area (Å²) in [5, 5.41) is 9.13. The third kappa shape index (κ3) is 4.74. The van der Waals surface area contributed by atoms with Gasteiger partial charge in [0.1, 0.15) is 0 Å². The van der Waals surface area contributed by atoms with Gasteiger partial charge in [-0.2, -0.15) is 0 Å². The monoisotopic (exact) mass is 299 g/mol. The second-order valence-corrected chi connectivity index (χ2v) is 5.11. The van der Waals surface area contributed by atoms with E-state index < -0.39 is 0 Å². The Hall–Kier alpha value is -2.07. The summed E-state index contributed by atoms with van der Waals surface area (Å²) in [7, 11) is 1.72. The van der Waals surface area contributed by atoms with Crippen LogP contribution >= 0.6 is 0 Å². The summed E-state index contributed by atoms with van der Waals surface area (Å²) in [4.78, 5) is 4.69. The molecule has 0 atom stereocenters. The second-order valence-electron chi connectivity index (χ2n) is 5.11. The minimum absolute atomic E-state index is 0.668. The van der Waals surface area contributed by atoms with Crippen molar-refractivity contribution in [3.63, 3.8) is 0 Å². The molecule has 22 heavy (non-hydrogen) atoms. The minimum atomic E-state index is 0.668. The SMILES string of the molecule is CCNC(=NCc1cccc2ccccc12)NCCCOC. The number of methoxy groups -OCH3 is 1. The highest BCUT2D eigenvalue weighted by Gasteiger charge is 2.01. The highest BCUT2D eigenvalue weighted by molar-refractivity contribution is 5.86. The van der Waals surface area contributed by atoms with Crippen molar-refractivity contribution in [1.29, 1.82) is 0 Å². The Balaban J connectivity index is 2.05. The number of aliphatic imine (C=N–C) groups is 1. The number of hydrogen-bond donors (Lipinski definition) is 2. The molecule has 0 aliphatic carbocycles. The maximum Gasteiger partial charge on any atom is 0.191 e. The Morgan fingerprint density at radius 2 is 1.91 bits per heavy atom. The van der Waals surface area contributed by atoms with Crippen molar-refractivity contribution in [1.82, 2.24) is 10.6 Å². The molecule has 2 aromatic rings. The zero-order valence-electron chi connectivity index (χ0n) is 13.4. The molecule has 0 saturated heterocycles. The van der Waals surface area contributed by atoms with Crippen LogP contribution in [0.5, 0.6) is 0 Å². The molecule has 0 heterocycles. The van der Waals surface area contributed by atoms with Gasteiger partial charge in [-0.05, 0) is 29.7 Å². The Kier molecular flexibility index (Phi) is 6.71. The van der Waals surface area contributed by atoms with Gasteiger partial charge in [0.2, 0.25) is 0 Å². The summed E-state index contributed by atoms with van der Waals surface area (Å²) in [6, 6.07) is 14.8. The lowest BCUT2D eigenvalue weighted by Gasteiger charge is -2.11. The Labute approximate surface area is 132 Å². The normalized spacial score (nSPS) is 11.6. The average Bonchev–Trinajstić information content (AvgIpc) is 2.56. The first-order chi connectivity index (χ1) is 10.8. The van der Waals surface area contributed by atoms with E-state index in [0.717, 1.165) is 32.1 Å². The first-order valence-electron chi connectivity index (χ1n) is 7.83. The third-order valence-electron chi connectivity index (χ3n) is 3.45. The largest absolute Gasteiger partial charge is 0.385 e. The summed E-state index contributed by atoms with van der Waals surface area (Å²) >= 11 is 0. The minimum Gasteiger partial charge on any atom is -0.385 e. The molecule has 2 aromatic carbocycles. The number of guanidine groups is 1. The van der Waals surface area contributed by atoms with Crippen LogP contribution in [0, 0.1) is 0 Å². The van der Waals surface area contributed by atoms with Gasteiger partial charge < -0.3 is 15.4 Å². The van der Waals surface area contributed by atoms with E-state index in [2.05, 4.69) is 65.0 Å². The number of rotatable bonds is 7. The van der Waals surface area contributed by atoms with Gasteiger partial charge in [-0.1, -0.05) is 42.5 Å². The Morgan fingerprint density at radius 3 is 2.73 bits per heavy atom. The number of hydrogen-bond acceptors (Lipinski definition) is 2. The molecule has 0 spiro atoms. The fraction of sp³-hybridized carbons (Fsp3) is 0.389. The molecule has 2 N–H and O–H groups in total. The molecule has 118 valence electrons. The van der Waals surface area contributed by atoms with Gasteiger partial charge in [-0.15, -0.1) is 0 Å². The van der Waals surface area contributed by atoms with Crippen LogP contribution in [0.15, 0.2) is 47.5 Å². The van der Waals surface area contributed by atoms with Crippen molar-refractivity contribution >= 4 is 16.7 Å². The highest BCUT2D eigenvalue weighted by atomic mass is 16.5. The maximum atomic E-state index is 5.06. The summed E-state index contributed by atoms with van der Waals surface area (Å²) in [6.45, 7) is 5.21. The van der Waals surface area contributed by atoms with Gasteiger partial charge in [-0.3, -0.25) is 0 Å². The van der Waals surface area contributed by atoms with Crippen molar-refractivity contribution in [2.24, 2.45) is 4.99 Å². The molecule has 0 unspecified atom stereocenters. The van der Waals surface area contributed by atoms with Crippen LogP contribution in [0.1, 0.15) is 18.9 Å². The van der Waals surface area contributed by atoms with E-state index in [4.69, 9.17) is 4.74 Å². The third-order valence-corrected chi connectivity index (χ3v) is 3.45. The molecule has 4 nitrogen and oxygen atoms in total. The lowest BCUT2D eigenvalue weighted by atomic mass is 10.1. The molecular weight excluding hydrogens is 274 g/mol. The smallest absolute Gasteiger partial charge is 0.191 e. The highest BCUT2D eigenvalue weighted by Crippen LogP contribution is 2.18. The molecule has 0 radical (unpaired) electrons. The molecule has 0 saturated carbocycles. The fourth-order valence-electron chi connectivity index (χ4n) is 2.36. The first-order valence-corrected chi connectivity index (χ1v) is 7.83. The molecule has 2 rings (SSSR count). The quantitative estimate of drug-likeness (QED) is 0.469. The number of nitrogens with zero attached hydrogens (tertiary/aromatic N) is 1. The number of benzene rings is 2. The van der Waals surface area contributed by atoms with E-state index >= 15 is 0 Å². The molecule has 0 bridgehead atoms. The van der Waals surface area contributed by atoms with Crippen LogP contribution in [-0.4, -0.2) is 32.8 Å². The standard InChI is InChI=1S/C18H25N3O/c1-3-19-18(20-12-7-13-22-2)21-14-16-10-6-9-15-8-4-5-11-17(15)16/h4-6,8-11H,3,7,12-14H2,1-2H3,(H2,19,20,21). The van der Waals surface area contributed by atoms with Crippen molar-refractivity contribution in [3.8, 4) is 0 Å². The number of ether oxygens (including phenoxy) is 1. The lowest BCUT2D eigenvalue weighted by molar-refractivity contribution is 0.195.